The van der Waals surface area contributed by atoms with E-state index in [4.69, 9.17) is 0 Å². The van der Waals surface area contributed by atoms with Gasteiger partial charge in [-0.25, -0.2) is 0 Å². The zero-order chi connectivity index (χ0) is 15.2. The summed E-state index contributed by atoms with van der Waals surface area (Å²) in [6, 6.07) is 4.94. The van der Waals surface area contributed by atoms with Crippen LogP contribution in [0.3, 0.4) is 0 Å². The van der Waals surface area contributed by atoms with Crippen molar-refractivity contribution < 1.29 is 18.3 Å². The highest BCUT2D eigenvalue weighted by atomic mass is 19.4. The topological polar surface area (TPSA) is 32.3 Å². The zero-order valence-corrected chi connectivity index (χ0v) is 11.9. The molecule has 0 aromatic heterocycles. The normalized spacial score (nSPS) is 15.1. The molecular formula is C15H22F3NO. The maximum atomic E-state index is 12.4. The standard InChI is InChI=1S/C15H22F3NO/c1-3-4-5-11(2)19-10-14(20)12-6-8-13(9-7-12)15(16,17)18/h6-9,11,14,19-20H,3-5,10H2,1-2H3. The fraction of sp³-hybridized carbons (Fsp3) is 0.600. The Labute approximate surface area is 118 Å². The van der Waals surface area contributed by atoms with Crippen LogP contribution in [0.5, 0.6) is 0 Å². The number of alkyl halides is 3. The number of aliphatic hydroxyl groups is 1. The molecule has 0 amide bonds. The summed E-state index contributed by atoms with van der Waals surface area (Å²) in [6.07, 6.45) is -1.87. The molecule has 20 heavy (non-hydrogen) atoms. The predicted octanol–water partition coefficient (Wildman–Crippen LogP) is 3.91. The minimum atomic E-state index is -4.34. The van der Waals surface area contributed by atoms with E-state index in [9.17, 15) is 18.3 Å². The van der Waals surface area contributed by atoms with Crippen molar-refractivity contribution in [2.45, 2.75) is 51.4 Å². The van der Waals surface area contributed by atoms with Gasteiger partial charge in [0.1, 0.15) is 0 Å². The van der Waals surface area contributed by atoms with Gasteiger partial charge < -0.3 is 10.4 Å². The van der Waals surface area contributed by atoms with Crippen LogP contribution in [0.25, 0.3) is 0 Å². The second-order valence-electron chi connectivity index (χ2n) is 5.09. The monoisotopic (exact) mass is 289 g/mol. The van der Waals surface area contributed by atoms with Gasteiger partial charge in [-0.05, 0) is 31.0 Å². The number of rotatable bonds is 7. The van der Waals surface area contributed by atoms with E-state index >= 15 is 0 Å². The molecule has 2 N–H and O–H groups in total. The van der Waals surface area contributed by atoms with Gasteiger partial charge in [-0.1, -0.05) is 31.9 Å². The van der Waals surface area contributed by atoms with E-state index in [1.165, 1.54) is 12.1 Å². The number of benzene rings is 1. The van der Waals surface area contributed by atoms with Crippen LogP contribution in [0, 0.1) is 0 Å². The third kappa shape index (κ3) is 5.51. The third-order valence-electron chi connectivity index (χ3n) is 3.27. The summed E-state index contributed by atoms with van der Waals surface area (Å²) in [5.74, 6) is 0. The van der Waals surface area contributed by atoms with Gasteiger partial charge in [0.15, 0.2) is 0 Å². The van der Waals surface area contributed by atoms with E-state index in [2.05, 4.69) is 12.2 Å². The Bertz CT molecular complexity index is 389. The van der Waals surface area contributed by atoms with Gasteiger partial charge >= 0.3 is 6.18 Å². The Kier molecular flexibility index (Phi) is 6.49. The van der Waals surface area contributed by atoms with Crippen LogP contribution in [0.15, 0.2) is 24.3 Å². The third-order valence-corrected chi connectivity index (χ3v) is 3.27. The fourth-order valence-electron chi connectivity index (χ4n) is 1.94. The van der Waals surface area contributed by atoms with Gasteiger partial charge in [0.25, 0.3) is 0 Å². The van der Waals surface area contributed by atoms with Crippen molar-refractivity contribution in [1.29, 1.82) is 0 Å². The average Bonchev–Trinajstić information content (AvgIpc) is 2.41. The highest BCUT2D eigenvalue weighted by Crippen LogP contribution is 2.29. The molecule has 0 radical (unpaired) electrons. The number of hydrogen-bond acceptors (Lipinski definition) is 2. The molecule has 5 heteroatoms. The molecule has 0 aliphatic rings. The van der Waals surface area contributed by atoms with Crippen molar-refractivity contribution in [2.24, 2.45) is 0 Å². The summed E-state index contributed by atoms with van der Waals surface area (Å²) < 4.78 is 37.3. The number of halogens is 3. The first-order valence-electron chi connectivity index (χ1n) is 6.93. The average molecular weight is 289 g/mol. The molecule has 2 atom stereocenters. The molecule has 1 aromatic carbocycles. The highest BCUT2D eigenvalue weighted by Gasteiger charge is 2.30. The SMILES string of the molecule is CCCCC(C)NCC(O)c1ccc(C(F)(F)F)cc1. The first kappa shape index (κ1) is 17.0. The summed E-state index contributed by atoms with van der Waals surface area (Å²) in [6.45, 7) is 4.50. The van der Waals surface area contributed by atoms with Crippen molar-refractivity contribution >= 4 is 0 Å². The summed E-state index contributed by atoms with van der Waals surface area (Å²) in [7, 11) is 0. The second-order valence-corrected chi connectivity index (χ2v) is 5.09. The highest BCUT2D eigenvalue weighted by molar-refractivity contribution is 5.26. The molecule has 0 aliphatic carbocycles. The fourth-order valence-corrected chi connectivity index (χ4v) is 1.94. The van der Waals surface area contributed by atoms with E-state index in [0.29, 0.717) is 18.2 Å². The van der Waals surface area contributed by atoms with E-state index in [-0.39, 0.29) is 0 Å². The lowest BCUT2D eigenvalue weighted by Gasteiger charge is -2.17. The molecule has 1 rings (SSSR count). The van der Waals surface area contributed by atoms with Gasteiger partial charge in [-0.2, -0.15) is 13.2 Å². The predicted molar refractivity (Wildman–Crippen MR) is 73.4 cm³/mol. The van der Waals surface area contributed by atoms with Crippen molar-refractivity contribution in [3.63, 3.8) is 0 Å². The Morgan fingerprint density at radius 2 is 1.80 bits per heavy atom. The van der Waals surface area contributed by atoms with Crippen LogP contribution in [0.1, 0.15) is 50.3 Å². The molecule has 0 fully saturated rings. The summed E-state index contributed by atoms with van der Waals surface area (Å²) in [4.78, 5) is 0. The lowest BCUT2D eigenvalue weighted by Crippen LogP contribution is -2.30. The molecule has 114 valence electrons. The van der Waals surface area contributed by atoms with Crippen molar-refractivity contribution in [2.75, 3.05) is 6.54 Å². The molecule has 0 saturated heterocycles. The number of unbranched alkanes of at least 4 members (excludes halogenated alkanes) is 1. The number of nitrogens with one attached hydrogen (secondary N) is 1. The van der Waals surface area contributed by atoms with Gasteiger partial charge in [0.05, 0.1) is 11.7 Å². The molecule has 0 saturated carbocycles. The van der Waals surface area contributed by atoms with Gasteiger partial charge in [-0.15, -0.1) is 0 Å². The van der Waals surface area contributed by atoms with E-state index < -0.39 is 17.8 Å². The minimum Gasteiger partial charge on any atom is -0.387 e. The number of hydrogen-bond donors (Lipinski definition) is 2. The first-order valence-corrected chi connectivity index (χ1v) is 6.93. The summed E-state index contributed by atoms with van der Waals surface area (Å²) >= 11 is 0. The second kappa shape index (κ2) is 7.64. The van der Waals surface area contributed by atoms with Crippen molar-refractivity contribution in [3.05, 3.63) is 35.4 Å². The van der Waals surface area contributed by atoms with Gasteiger partial charge in [0, 0.05) is 12.6 Å². The van der Waals surface area contributed by atoms with Crippen LogP contribution < -0.4 is 5.32 Å². The molecule has 2 unspecified atom stereocenters. The maximum Gasteiger partial charge on any atom is 0.416 e. The lowest BCUT2D eigenvalue weighted by atomic mass is 10.1. The Morgan fingerprint density at radius 3 is 2.30 bits per heavy atom. The van der Waals surface area contributed by atoms with Gasteiger partial charge in [0.2, 0.25) is 0 Å². The Morgan fingerprint density at radius 1 is 1.20 bits per heavy atom. The van der Waals surface area contributed by atoms with Crippen LogP contribution in [0.2, 0.25) is 0 Å². The summed E-state index contributed by atoms with van der Waals surface area (Å²) in [5.41, 5.74) is -0.203. The smallest absolute Gasteiger partial charge is 0.387 e. The molecule has 0 heterocycles. The molecular weight excluding hydrogens is 267 g/mol. The van der Waals surface area contributed by atoms with Gasteiger partial charge in [-0.3, -0.25) is 0 Å². The van der Waals surface area contributed by atoms with Crippen molar-refractivity contribution in [3.8, 4) is 0 Å². The quantitative estimate of drug-likeness (QED) is 0.797. The molecule has 0 bridgehead atoms. The van der Waals surface area contributed by atoms with Crippen molar-refractivity contribution in [1.82, 2.24) is 5.32 Å². The molecule has 0 aliphatic heterocycles. The molecule has 0 spiro atoms. The van der Waals surface area contributed by atoms with Crippen LogP contribution in [-0.4, -0.2) is 17.7 Å². The van der Waals surface area contributed by atoms with E-state index in [1.807, 2.05) is 6.92 Å². The minimum absolute atomic E-state index is 0.291. The van der Waals surface area contributed by atoms with Crippen LogP contribution in [-0.2, 0) is 6.18 Å². The lowest BCUT2D eigenvalue weighted by molar-refractivity contribution is -0.137. The number of aliphatic hydroxyl groups excluding tert-OH is 1. The first-order chi connectivity index (χ1) is 9.34. The van der Waals surface area contributed by atoms with Crippen LogP contribution >= 0.6 is 0 Å². The maximum absolute atomic E-state index is 12.4. The Hall–Kier alpha value is -1.07. The van der Waals surface area contributed by atoms with E-state index in [0.717, 1.165) is 31.4 Å². The van der Waals surface area contributed by atoms with Crippen LogP contribution in [0.4, 0.5) is 13.2 Å². The van der Waals surface area contributed by atoms with E-state index in [1.54, 1.807) is 0 Å². The largest absolute Gasteiger partial charge is 0.416 e. The Balaban J connectivity index is 2.49. The zero-order valence-electron chi connectivity index (χ0n) is 11.9. The summed E-state index contributed by atoms with van der Waals surface area (Å²) in [5, 5.41) is 13.1. The molecule has 2 nitrogen and oxygen atoms in total. The molecule has 1 aromatic rings.